The normalized spacial score (nSPS) is 24.9. The van der Waals surface area contributed by atoms with E-state index in [1.807, 2.05) is 0 Å². The summed E-state index contributed by atoms with van der Waals surface area (Å²) in [5.41, 5.74) is 0. The molecule has 2 saturated heterocycles. The molecule has 3 rings (SSSR count). The molecule has 2 atom stereocenters. The number of halogens is 1. The Balaban J connectivity index is 1.63. The summed E-state index contributed by atoms with van der Waals surface area (Å²) in [4.78, 5) is -0.0814. The molecule has 1 aromatic rings. The molecule has 6 nitrogen and oxygen atoms in total. The van der Waals surface area contributed by atoms with Crippen molar-refractivity contribution in [1.29, 1.82) is 0 Å². The third kappa shape index (κ3) is 4.44. The predicted molar refractivity (Wildman–Crippen MR) is 87.0 cm³/mol. The van der Waals surface area contributed by atoms with E-state index in [4.69, 9.17) is 9.47 Å². The average molecular weight is 358 g/mol. The van der Waals surface area contributed by atoms with Crippen molar-refractivity contribution >= 4 is 10.0 Å². The van der Waals surface area contributed by atoms with Crippen LogP contribution in [0, 0.1) is 11.7 Å². The van der Waals surface area contributed by atoms with Crippen molar-refractivity contribution in [3.05, 3.63) is 24.0 Å². The molecule has 1 aromatic carbocycles. The molecule has 0 amide bonds. The number of sulfonamides is 1. The van der Waals surface area contributed by atoms with E-state index in [0.29, 0.717) is 26.4 Å². The summed E-state index contributed by atoms with van der Waals surface area (Å²) in [6.45, 7) is 3.18. The predicted octanol–water partition coefficient (Wildman–Crippen LogP) is 1.27. The molecule has 24 heavy (non-hydrogen) atoms. The molecule has 134 valence electrons. The molecule has 2 aliphatic heterocycles. The SMILES string of the molecule is O=S(=O)(NC1CCCNC1)c1ccc(OCC2CCOC2)c(F)c1. The Kier molecular flexibility index (Phi) is 5.70. The van der Waals surface area contributed by atoms with Gasteiger partial charge in [0.2, 0.25) is 10.0 Å². The summed E-state index contributed by atoms with van der Waals surface area (Å²) in [5.74, 6) is -0.341. The number of hydrogen-bond donors (Lipinski definition) is 2. The van der Waals surface area contributed by atoms with Gasteiger partial charge in [0.05, 0.1) is 18.1 Å². The van der Waals surface area contributed by atoms with Crippen molar-refractivity contribution in [2.75, 3.05) is 32.9 Å². The molecule has 2 aliphatic rings. The van der Waals surface area contributed by atoms with Gasteiger partial charge in [-0.1, -0.05) is 0 Å². The second kappa shape index (κ2) is 7.77. The van der Waals surface area contributed by atoms with Gasteiger partial charge < -0.3 is 14.8 Å². The first-order chi connectivity index (χ1) is 11.5. The van der Waals surface area contributed by atoms with Crippen LogP contribution in [0.15, 0.2) is 23.1 Å². The summed E-state index contributed by atoms with van der Waals surface area (Å²) in [5, 5.41) is 3.14. The summed E-state index contributed by atoms with van der Waals surface area (Å²) >= 11 is 0. The number of rotatable bonds is 6. The van der Waals surface area contributed by atoms with E-state index in [1.165, 1.54) is 12.1 Å². The van der Waals surface area contributed by atoms with Crippen LogP contribution in [0.3, 0.4) is 0 Å². The maximum absolute atomic E-state index is 14.2. The highest BCUT2D eigenvalue weighted by atomic mass is 32.2. The molecular weight excluding hydrogens is 335 g/mol. The third-order valence-electron chi connectivity index (χ3n) is 4.33. The van der Waals surface area contributed by atoms with Crippen LogP contribution < -0.4 is 14.8 Å². The maximum Gasteiger partial charge on any atom is 0.240 e. The fourth-order valence-corrected chi connectivity index (χ4v) is 4.21. The van der Waals surface area contributed by atoms with Crippen molar-refractivity contribution in [2.45, 2.75) is 30.2 Å². The van der Waals surface area contributed by atoms with Gasteiger partial charge in [0.25, 0.3) is 0 Å². The first kappa shape index (κ1) is 17.6. The lowest BCUT2D eigenvalue weighted by Gasteiger charge is -2.23. The van der Waals surface area contributed by atoms with Crippen LogP contribution in [0.2, 0.25) is 0 Å². The fourth-order valence-electron chi connectivity index (χ4n) is 2.93. The average Bonchev–Trinajstić information content (AvgIpc) is 3.07. The number of hydrogen-bond acceptors (Lipinski definition) is 5. The lowest BCUT2D eigenvalue weighted by molar-refractivity contribution is 0.165. The Morgan fingerprint density at radius 3 is 2.92 bits per heavy atom. The van der Waals surface area contributed by atoms with Gasteiger partial charge in [0, 0.05) is 25.1 Å². The number of nitrogens with one attached hydrogen (secondary N) is 2. The van der Waals surface area contributed by atoms with Crippen molar-refractivity contribution in [2.24, 2.45) is 5.92 Å². The lowest BCUT2D eigenvalue weighted by atomic mass is 10.1. The minimum atomic E-state index is -3.74. The topological polar surface area (TPSA) is 76.7 Å². The summed E-state index contributed by atoms with van der Waals surface area (Å²) in [6, 6.07) is 3.60. The maximum atomic E-state index is 14.2. The van der Waals surface area contributed by atoms with Crippen molar-refractivity contribution < 1.29 is 22.3 Å². The highest BCUT2D eigenvalue weighted by Crippen LogP contribution is 2.23. The zero-order valence-electron chi connectivity index (χ0n) is 13.5. The summed E-state index contributed by atoms with van der Waals surface area (Å²) < 4.78 is 52.2. The van der Waals surface area contributed by atoms with Crippen LogP contribution in [-0.2, 0) is 14.8 Å². The molecule has 2 heterocycles. The Morgan fingerprint density at radius 2 is 2.25 bits per heavy atom. The van der Waals surface area contributed by atoms with E-state index >= 15 is 0 Å². The fraction of sp³-hybridized carbons (Fsp3) is 0.625. The van der Waals surface area contributed by atoms with Gasteiger partial charge in [-0.2, -0.15) is 0 Å². The molecule has 2 N–H and O–H groups in total. The van der Waals surface area contributed by atoms with Crippen LogP contribution in [0.1, 0.15) is 19.3 Å². The van der Waals surface area contributed by atoms with Crippen LogP contribution in [-0.4, -0.2) is 47.4 Å². The highest BCUT2D eigenvalue weighted by Gasteiger charge is 2.23. The lowest BCUT2D eigenvalue weighted by Crippen LogP contribution is -2.45. The van der Waals surface area contributed by atoms with E-state index in [2.05, 4.69) is 10.0 Å². The highest BCUT2D eigenvalue weighted by molar-refractivity contribution is 7.89. The quantitative estimate of drug-likeness (QED) is 0.801. The molecule has 0 aromatic heterocycles. The largest absolute Gasteiger partial charge is 0.490 e. The molecule has 0 aliphatic carbocycles. The van der Waals surface area contributed by atoms with Crippen molar-refractivity contribution in [3.63, 3.8) is 0 Å². The van der Waals surface area contributed by atoms with E-state index in [9.17, 15) is 12.8 Å². The molecule has 2 fully saturated rings. The summed E-state index contributed by atoms with van der Waals surface area (Å²) in [7, 11) is -3.74. The second-order valence-electron chi connectivity index (χ2n) is 6.30. The minimum Gasteiger partial charge on any atom is -0.490 e. The molecule has 0 radical (unpaired) electrons. The minimum absolute atomic E-state index is 0.0696. The van der Waals surface area contributed by atoms with Gasteiger partial charge in [-0.15, -0.1) is 0 Å². The van der Waals surface area contributed by atoms with Gasteiger partial charge in [-0.25, -0.2) is 17.5 Å². The van der Waals surface area contributed by atoms with Crippen LogP contribution in [0.4, 0.5) is 4.39 Å². The first-order valence-electron chi connectivity index (χ1n) is 8.28. The molecule has 0 saturated carbocycles. The van der Waals surface area contributed by atoms with Gasteiger partial charge >= 0.3 is 0 Å². The van der Waals surface area contributed by atoms with Crippen molar-refractivity contribution in [3.8, 4) is 5.75 Å². The number of benzene rings is 1. The van der Waals surface area contributed by atoms with E-state index in [1.54, 1.807) is 0 Å². The third-order valence-corrected chi connectivity index (χ3v) is 5.85. The van der Waals surface area contributed by atoms with Crippen LogP contribution >= 0.6 is 0 Å². The first-order valence-corrected chi connectivity index (χ1v) is 9.76. The summed E-state index contributed by atoms with van der Waals surface area (Å²) in [6.07, 6.45) is 2.59. The Labute approximate surface area is 141 Å². The zero-order chi connectivity index (χ0) is 17.0. The van der Waals surface area contributed by atoms with Crippen LogP contribution in [0.25, 0.3) is 0 Å². The van der Waals surface area contributed by atoms with Crippen molar-refractivity contribution in [1.82, 2.24) is 10.0 Å². The Morgan fingerprint density at radius 1 is 1.38 bits per heavy atom. The monoisotopic (exact) mass is 358 g/mol. The number of ether oxygens (including phenoxy) is 2. The van der Waals surface area contributed by atoms with E-state index in [-0.39, 0.29) is 22.6 Å². The standard InChI is InChI=1S/C16H23FN2O4S/c17-15-8-14(24(20,21)19-13-2-1-6-18-9-13)3-4-16(15)23-11-12-5-7-22-10-12/h3-4,8,12-13,18-19H,1-2,5-7,9-11H2. The second-order valence-corrected chi connectivity index (χ2v) is 8.01. The Bertz CT molecular complexity index is 656. The van der Waals surface area contributed by atoms with E-state index < -0.39 is 15.8 Å². The zero-order valence-corrected chi connectivity index (χ0v) is 14.3. The van der Waals surface area contributed by atoms with Gasteiger partial charge in [0.1, 0.15) is 0 Å². The van der Waals surface area contributed by atoms with Gasteiger partial charge in [-0.05, 0) is 44.0 Å². The molecular formula is C16H23FN2O4S. The van der Waals surface area contributed by atoms with Gasteiger partial charge in [-0.3, -0.25) is 0 Å². The number of piperidine rings is 1. The van der Waals surface area contributed by atoms with E-state index in [0.717, 1.165) is 31.9 Å². The molecule has 0 bridgehead atoms. The molecule has 8 heteroatoms. The molecule has 0 spiro atoms. The smallest absolute Gasteiger partial charge is 0.240 e. The molecule has 2 unspecified atom stereocenters. The van der Waals surface area contributed by atoms with Crippen LogP contribution in [0.5, 0.6) is 5.75 Å². The van der Waals surface area contributed by atoms with Gasteiger partial charge in [0.15, 0.2) is 11.6 Å². The Hall–Kier alpha value is -1.22.